The molecule has 0 atom stereocenters. The van der Waals surface area contributed by atoms with Gasteiger partial charge in [0, 0.05) is 0 Å². The highest BCUT2D eigenvalue weighted by atomic mass is 16.5. The molecule has 1 rings (SSSR count). The van der Waals surface area contributed by atoms with Gasteiger partial charge in [0.05, 0.1) is 25.2 Å². The van der Waals surface area contributed by atoms with E-state index in [0.29, 0.717) is 5.56 Å². The summed E-state index contributed by atoms with van der Waals surface area (Å²) in [6.45, 7) is 3.96. The second-order valence-corrected chi connectivity index (χ2v) is 3.67. The van der Waals surface area contributed by atoms with E-state index < -0.39 is 0 Å². The van der Waals surface area contributed by atoms with Crippen molar-refractivity contribution in [1.29, 1.82) is 5.26 Å². The number of benzene rings is 1. The van der Waals surface area contributed by atoms with Gasteiger partial charge in [0.15, 0.2) is 0 Å². The lowest BCUT2D eigenvalue weighted by Gasteiger charge is -2.10. The van der Waals surface area contributed by atoms with Crippen molar-refractivity contribution >= 4 is 5.97 Å². The van der Waals surface area contributed by atoms with E-state index in [1.54, 1.807) is 6.07 Å². The van der Waals surface area contributed by atoms with Gasteiger partial charge in [-0.1, -0.05) is 13.0 Å². The number of methoxy groups -OCH3 is 1. The largest absolute Gasteiger partial charge is 0.469 e. The lowest BCUT2D eigenvalue weighted by molar-refractivity contribution is -0.139. The van der Waals surface area contributed by atoms with Crippen LogP contribution in [0.1, 0.15) is 29.2 Å². The minimum atomic E-state index is -0.310. The zero-order valence-electron chi connectivity index (χ0n) is 9.83. The summed E-state index contributed by atoms with van der Waals surface area (Å²) in [5, 5.41) is 9.05. The molecule has 0 aromatic heterocycles. The van der Waals surface area contributed by atoms with Gasteiger partial charge in [0.25, 0.3) is 0 Å². The second-order valence-electron chi connectivity index (χ2n) is 3.67. The van der Waals surface area contributed by atoms with Crippen LogP contribution >= 0.6 is 0 Å². The monoisotopic (exact) mass is 217 g/mol. The minimum absolute atomic E-state index is 0.169. The minimum Gasteiger partial charge on any atom is -0.469 e. The number of rotatable bonds is 3. The number of nitrogens with zero attached hydrogens (tertiary/aromatic N) is 1. The summed E-state index contributed by atoms with van der Waals surface area (Å²) in [6, 6.07) is 5.95. The smallest absolute Gasteiger partial charge is 0.310 e. The maximum atomic E-state index is 11.3. The van der Waals surface area contributed by atoms with Gasteiger partial charge in [-0.15, -0.1) is 0 Å². The number of carbonyl (C=O) groups excluding carboxylic acids is 1. The first-order valence-corrected chi connectivity index (χ1v) is 5.21. The van der Waals surface area contributed by atoms with E-state index in [-0.39, 0.29) is 12.4 Å². The van der Waals surface area contributed by atoms with Crippen LogP contribution in [0.2, 0.25) is 0 Å². The predicted octanol–water partition coefficient (Wildman–Crippen LogP) is 2.14. The van der Waals surface area contributed by atoms with Gasteiger partial charge < -0.3 is 4.74 Å². The van der Waals surface area contributed by atoms with Crippen LogP contribution in [0.4, 0.5) is 0 Å². The number of hydrogen-bond donors (Lipinski definition) is 0. The summed E-state index contributed by atoms with van der Waals surface area (Å²) in [5.41, 5.74) is 3.45. The van der Waals surface area contributed by atoms with Crippen LogP contribution in [0.5, 0.6) is 0 Å². The van der Waals surface area contributed by atoms with Crippen molar-refractivity contribution in [3.05, 3.63) is 34.4 Å². The van der Waals surface area contributed by atoms with Gasteiger partial charge in [0.1, 0.15) is 0 Å². The number of hydrogen-bond acceptors (Lipinski definition) is 3. The summed E-state index contributed by atoms with van der Waals surface area (Å²) in [5.74, 6) is -0.310. The number of carbonyl (C=O) groups is 1. The lowest BCUT2D eigenvalue weighted by Crippen LogP contribution is -2.09. The Morgan fingerprint density at radius 2 is 2.19 bits per heavy atom. The van der Waals surface area contributed by atoms with Crippen molar-refractivity contribution in [2.45, 2.75) is 26.7 Å². The molecule has 1 aromatic carbocycles. The molecule has 0 radical (unpaired) electrons. The van der Waals surface area contributed by atoms with E-state index in [9.17, 15) is 4.79 Å². The Kier molecular flexibility index (Phi) is 4.07. The second kappa shape index (κ2) is 5.32. The summed E-state index contributed by atoms with van der Waals surface area (Å²) in [4.78, 5) is 11.3. The van der Waals surface area contributed by atoms with Gasteiger partial charge in [0.2, 0.25) is 0 Å². The zero-order valence-corrected chi connectivity index (χ0v) is 9.83. The molecule has 84 valence electrons. The van der Waals surface area contributed by atoms with Crippen molar-refractivity contribution in [2.24, 2.45) is 0 Å². The average Bonchev–Trinajstić information content (AvgIpc) is 2.30. The molecule has 1 aromatic rings. The fraction of sp³-hybridized carbons (Fsp3) is 0.385. The molecule has 0 saturated heterocycles. The fourth-order valence-corrected chi connectivity index (χ4v) is 1.73. The van der Waals surface area contributed by atoms with Crippen LogP contribution in [0, 0.1) is 18.3 Å². The van der Waals surface area contributed by atoms with E-state index in [1.807, 2.05) is 19.9 Å². The van der Waals surface area contributed by atoms with E-state index >= 15 is 0 Å². The van der Waals surface area contributed by atoms with E-state index in [2.05, 4.69) is 10.8 Å². The summed E-state index contributed by atoms with van der Waals surface area (Å²) in [7, 11) is 1.36. The van der Waals surface area contributed by atoms with Crippen LogP contribution in [-0.2, 0) is 22.4 Å². The number of aryl methyl sites for hydroxylation is 2. The van der Waals surface area contributed by atoms with Crippen molar-refractivity contribution in [1.82, 2.24) is 0 Å². The normalized spacial score (nSPS) is 9.62. The summed E-state index contributed by atoms with van der Waals surface area (Å²) in [6.07, 6.45) is 0.978. The average molecular weight is 217 g/mol. The Labute approximate surface area is 95.7 Å². The maximum Gasteiger partial charge on any atom is 0.310 e. The Balaban J connectivity index is 3.23. The third-order valence-electron chi connectivity index (χ3n) is 2.54. The Hall–Kier alpha value is -1.82. The number of nitriles is 1. The standard InChI is InChI=1S/C13H15NO2/c1-4-10-5-9(2)6-11(8-14)12(10)7-13(15)16-3/h5-6H,4,7H2,1-3H3. The number of ether oxygens (including phenoxy) is 1. The molecule has 0 heterocycles. The predicted molar refractivity (Wildman–Crippen MR) is 61.0 cm³/mol. The molecule has 16 heavy (non-hydrogen) atoms. The molecule has 0 aliphatic heterocycles. The molecule has 0 bridgehead atoms. The van der Waals surface area contributed by atoms with Gasteiger partial charge in [-0.3, -0.25) is 4.79 Å². The quantitative estimate of drug-likeness (QED) is 0.729. The Morgan fingerprint density at radius 3 is 2.69 bits per heavy atom. The lowest BCUT2D eigenvalue weighted by atomic mass is 9.95. The summed E-state index contributed by atoms with van der Waals surface area (Å²) < 4.78 is 4.64. The van der Waals surface area contributed by atoms with Gasteiger partial charge in [-0.25, -0.2) is 0 Å². The Bertz CT molecular complexity index is 444. The number of esters is 1. The first-order chi connectivity index (χ1) is 7.62. The molecule has 0 aliphatic rings. The third kappa shape index (κ3) is 2.60. The molecular formula is C13H15NO2. The highest BCUT2D eigenvalue weighted by Gasteiger charge is 2.12. The van der Waals surface area contributed by atoms with Gasteiger partial charge >= 0.3 is 5.97 Å². The van der Waals surface area contributed by atoms with Crippen LogP contribution < -0.4 is 0 Å². The molecule has 0 unspecified atom stereocenters. The first-order valence-electron chi connectivity index (χ1n) is 5.21. The van der Waals surface area contributed by atoms with Gasteiger partial charge in [-0.05, 0) is 36.1 Å². The molecule has 0 amide bonds. The van der Waals surface area contributed by atoms with Crippen LogP contribution in [0.15, 0.2) is 12.1 Å². The summed E-state index contributed by atoms with van der Waals surface area (Å²) >= 11 is 0. The Morgan fingerprint density at radius 1 is 1.50 bits per heavy atom. The van der Waals surface area contributed by atoms with Crippen molar-refractivity contribution in [2.75, 3.05) is 7.11 Å². The van der Waals surface area contributed by atoms with Crippen molar-refractivity contribution in [3.8, 4) is 6.07 Å². The van der Waals surface area contributed by atoms with Crippen LogP contribution in [0.3, 0.4) is 0 Å². The van der Waals surface area contributed by atoms with Gasteiger partial charge in [-0.2, -0.15) is 5.26 Å². The first kappa shape index (κ1) is 12.3. The third-order valence-corrected chi connectivity index (χ3v) is 2.54. The molecule has 0 aliphatic carbocycles. The van der Waals surface area contributed by atoms with E-state index in [0.717, 1.165) is 23.1 Å². The van der Waals surface area contributed by atoms with Crippen LogP contribution in [-0.4, -0.2) is 13.1 Å². The molecular weight excluding hydrogens is 202 g/mol. The fourth-order valence-electron chi connectivity index (χ4n) is 1.73. The molecule has 0 saturated carbocycles. The topological polar surface area (TPSA) is 50.1 Å². The molecule has 0 N–H and O–H groups in total. The van der Waals surface area contributed by atoms with E-state index in [1.165, 1.54) is 7.11 Å². The SMILES string of the molecule is CCc1cc(C)cc(C#N)c1CC(=O)OC. The maximum absolute atomic E-state index is 11.3. The van der Waals surface area contributed by atoms with Crippen LogP contribution in [0.25, 0.3) is 0 Å². The molecule has 0 spiro atoms. The molecule has 3 heteroatoms. The van der Waals surface area contributed by atoms with Crippen molar-refractivity contribution in [3.63, 3.8) is 0 Å². The van der Waals surface area contributed by atoms with Crippen molar-refractivity contribution < 1.29 is 9.53 Å². The highest BCUT2D eigenvalue weighted by molar-refractivity contribution is 5.74. The molecule has 0 fully saturated rings. The zero-order chi connectivity index (χ0) is 12.1. The van der Waals surface area contributed by atoms with E-state index in [4.69, 9.17) is 5.26 Å². The molecule has 3 nitrogen and oxygen atoms in total. The highest BCUT2D eigenvalue weighted by Crippen LogP contribution is 2.19.